The zero-order chi connectivity index (χ0) is 43.6. The molecule has 0 amide bonds. The number of benzene rings is 5. The van der Waals surface area contributed by atoms with E-state index in [2.05, 4.69) is 170 Å². The van der Waals surface area contributed by atoms with Crippen LogP contribution in [0, 0.1) is 12.1 Å². The first-order valence-corrected chi connectivity index (χ1v) is 21.1. The second-order valence-electron chi connectivity index (χ2n) is 19.1. The van der Waals surface area contributed by atoms with E-state index in [-0.39, 0.29) is 37.3 Å². The van der Waals surface area contributed by atoms with Crippen LogP contribution in [0.5, 0.6) is 11.5 Å². The Hall–Kier alpha value is -6.33. The van der Waals surface area contributed by atoms with Crippen molar-refractivity contribution in [3.8, 4) is 51.5 Å². The maximum atomic E-state index is 7.08. The van der Waals surface area contributed by atoms with Gasteiger partial charge in [0.2, 0.25) is 6.20 Å². The average Bonchev–Trinajstić information content (AvgIpc) is 3.83. The molecule has 0 saturated heterocycles. The maximum Gasteiger partial charge on any atom is 2.00 e. The van der Waals surface area contributed by atoms with Crippen molar-refractivity contribution in [1.82, 2.24) is 24.5 Å². The standard InChI is InChI=1S/C54H51N7O.Pt/c1-52(2,3)37-22-18-35(19-23-37)49-56-50(36-20-24-38(25-21-36)53(4,5)6)58-51(57-49)44-32-43-42-15-11-12-16-45(42)61(48-17-13-14-26-55-48)46(43)33-47(44)62-41-30-39(54(7,8)9)29-40(31-41)60-28-27-59(10)34-60;/h11-30,32H,1-10H3;/q;+2. The minimum Gasteiger partial charge on any atom is -0.508 e. The van der Waals surface area contributed by atoms with Gasteiger partial charge in [-0.25, -0.2) is 19.9 Å². The van der Waals surface area contributed by atoms with E-state index in [1.807, 2.05) is 59.1 Å². The molecule has 0 unspecified atom stereocenters. The summed E-state index contributed by atoms with van der Waals surface area (Å²) in [6.45, 7) is 19.9. The van der Waals surface area contributed by atoms with E-state index in [0.29, 0.717) is 34.5 Å². The molecule has 0 spiro atoms. The van der Waals surface area contributed by atoms with E-state index < -0.39 is 0 Å². The first kappa shape index (κ1) is 43.3. The topological polar surface area (TPSA) is 71.7 Å². The van der Waals surface area contributed by atoms with Gasteiger partial charge in [-0.2, -0.15) is 0 Å². The van der Waals surface area contributed by atoms with Crippen LogP contribution in [-0.2, 0) is 37.3 Å². The molecule has 9 heteroatoms. The minimum absolute atomic E-state index is 0. The summed E-state index contributed by atoms with van der Waals surface area (Å²) in [6.07, 6.45) is 5.73. The number of nitrogens with zero attached hydrogens (tertiary/aromatic N) is 7. The molecule has 5 aromatic carbocycles. The first-order valence-electron chi connectivity index (χ1n) is 21.1. The Morgan fingerprint density at radius 2 is 1.19 bits per heavy atom. The van der Waals surface area contributed by atoms with Crippen molar-refractivity contribution in [3.63, 3.8) is 0 Å². The maximum absolute atomic E-state index is 7.08. The van der Waals surface area contributed by atoms with E-state index in [4.69, 9.17) is 24.7 Å². The molecule has 0 radical (unpaired) electrons. The third kappa shape index (κ3) is 8.71. The first-order chi connectivity index (χ1) is 29.5. The van der Waals surface area contributed by atoms with Crippen molar-refractivity contribution in [2.24, 2.45) is 0 Å². The summed E-state index contributed by atoms with van der Waals surface area (Å²) >= 11 is 0. The van der Waals surface area contributed by atoms with Crippen LogP contribution in [-0.4, -0.2) is 46.7 Å². The van der Waals surface area contributed by atoms with Crippen molar-refractivity contribution in [3.05, 3.63) is 157 Å². The average molecular weight is 1010 g/mol. The number of ether oxygens (including phenoxy) is 1. The molecule has 8 aromatic rings. The molecule has 3 aromatic heterocycles. The van der Waals surface area contributed by atoms with Gasteiger partial charge >= 0.3 is 27.1 Å². The van der Waals surface area contributed by atoms with E-state index in [1.54, 1.807) is 0 Å². The number of para-hydroxylation sites is 1. The predicted molar refractivity (Wildman–Crippen MR) is 249 cm³/mol. The molecule has 9 rings (SSSR count). The van der Waals surface area contributed by atoms with Crippen molar-refractivity contribution >= 4 is 33.5 Å². The van der Waals surface area contributed by atoms with Crippen LogP contribution < -0.4 is 4.74 Å². The molecule has 0 saturated carbocycles. The summed E-state index contributed by atoms with van der Waals surface area (Å²) in [5.41, 5.74) is 8.39. The minimum atomic E-state index is -0.192. The smallest absolute Gasteiger partial charge is 0.508 e. The molecule has 63 heavy (non-hydrogen) atoms. The van der Waals surface area contributed by atoms with E-state index >= 15 is 0 Å². The second kappa shape index (κ2) is 16.4. The van der Waals surface area contributed by atoms with Crippen LogP contribution in [0.3, 0.4) is 0 Å². The fourth-order valence-electron chi connectivity index (χ4n) is 7.68. The Morgan fingerprint density at radius 1 is 0.603 bits per heavy atom. The monoisotopic (exact) mass is 1010 g/mol. The molecule has 8 nitrogen and oxygen atoms in total. The van der Waals surface area contributed by atoms with Crippen molar-refractivity contribution < 1.29 is 35.0 Å². The van der Waals surface area contributed by atoms with Gasteiger partial charge in [0.1, 0.15) is 17.3 Å². The molecule has 316 valence electrons. The largest absolute Gasteiger partial charge is 2.00 e. The van der Waals surface area contributed by atoms with Crippen LogP contribution in [0.15, 0.2) is 128 Å². The molecule has 0 fully saturated rings. The van der Waals surface area contributed by atoms with Gasteiger partial charge in [-0.1, -0.05) is 162 Å². The van der Waals surface area contributed by atoms with E-state index in [9.17, 15) is 0 Å². The quantitative estimate of drug-likeness (QED) is 0.117. The summed E-state index contributed by atoms with van der Waals surface area (Å²) in [5.74, 6) is 3.33. The number of aromatic nitrogens is 5. The molecule has 0 N–H and O–H groups in total. The molecule has 0 aliphatic carbocycles. The Balaban J connectivity index is 0.00000544. The molecule has 0 bridgehead atoms. The molecular formula is C54H51N7OPt+2. The van der Waals surface area contributed by atoms with Crippen molar-refractivity contribution in [2.45, 2.75) is 78.6 Å². The van der Waals surface area contributed by atoms with Gasteiger partial charge in [0.25, 0.3) is 6.20 Å². The number of fused-ring (bicyclic) bond motifs is 3. The fraction of sp³-hybridized carbons (Fsp3) is 0.241. The Kier molecular flexibility index (Phi) is 11.3. The predicted octanol–water partition coefficient (Wildman–Crippen LogP) is 12.6. The molecule has 0 atom stereocenters. The third-order valence-corrected chi connectivity index (χ3v) is 11.3. The van der Waals surface area contributed by atoms with Crippen LogP contribution in [0.2, 0.25) is 0 Å². The van der Waals surface area contributed by atoms with Crippen LogP contribution in [0.4, 0.5) is 5.69 Å². The summed E-state index contributed by atoms with van der Waals surface area (Å²) < 4.78 is 13.0. The van der Waals surface area contributed by atoms with Gasteiger partial charge in [0, 0.05) is 34.3 Å². The number of rotatable bonds is 7. The fourth-order valence-corrected chi connectivity index (χ4v) is 7.68. The van der Waals surface area contributed by atoms with Crippen molar-refractivity contribution in [1.29, 1.82) is 0 Å². The van der Waals surface area contributed by atoms with Crippen molar-refractivity contribution in [2.75, 3.05) is 7.05 Å². The number of pyridine rings is 1. The van der Waals surface area contributed by atoms with Gasteiger partial charge < -0.3 is 9.30 Å². The molecule has 1 aliphatic heterocycles. The van der Waals surface area contributed by atoms with Gasteiger partial charge in [-0.3, -0.25) is 0 Å². The third-order valence-electron chi connectivity index (χ3n) is 11.3. The number of hydrogen-bond donors (Lipinski definition) is 0. The van der Waals surface area contributed by atoms with E-state index in [0.717, 1.165) is 50.0 Å². The van der Waals surface area contributed by atoms with Gasteiger partial charge in [0.15, 0.2) is 18.7 Å². The van der Waals surface area contributed by atoms with Gasteiger partial charge in [0.05, 0.1) is 0 Å². The van der Waals surface area contributed by atoms with Crippen LogP contribution in [0.25, 0.3) is 61.8 Å². The Bertz CT molecular complexity index is 3040. The van der Waals surface area contributed by atoms with Gasteiger partial charge in [-0.15, -0.1) is 29.1 Å². The van der Waals surface area contributed by atoms with Crippen LogP contribution >= 0.6 is 0 Å². The number of hydrogen-bond acceptors (Lipinski definition) is 5. The summed E-state index contributed by atoms with van der Waals surface area (Å²) in [5, 5.41) is 2.01. The molecule has 4 heterocycles. The Morgan fingerprint density at radius 3 is 1.75 bits per heavy atom. The van der Waals surface area contributed by atoms with Gasteiger partial charge in [-0.05, 0) is 56.5 Å². The second-order valence-corrected chi connectivity index (χ2v) is 19.1. The molecule has 1 aliphatic rings. The summed E-state index contributed by atoms with van der Waals surface area (Å²) in [4.78, 5) is 20.5. The zero-order valence-electron chi connectivity index (χ0n) is 37.5. The Labute approximate surface area is 384 Å². The SMILES string of the molecule is C[N+]1=C=[N+](c2[c-]c(Oc3[c-]c4c(cc3-c3nc(-c5ccc(C(C)(C)C)cc5)nc(-c5ccc(C(C)(C)C)cc5)n3)c3ccccc3n4-c3ccccn3)cc(C(C)(C)C)c2)C=C1.[Pt+2]. The zero-order valence-corrected chi connectivity index (χ0v) is 39.8. The summed E-state index contributed by atoms with van der Waals surface area (Å²) in [6, 6.07) is 48.3. The normalized spacial score (nSPS) is 13.0. The van der Waals surface area contributed by atoms with E-state index in [1.165, 1.54) is 11.1 Å². The van der Waals surface area contributed by atoms with Crippen LogP contribution in [0.1, 0.15) is 79.0 Å². The molecular weight excluding hydrogens is 958 g/mol. The summed E-state index contributed by atoms with van der Waals surface area (Å²) in [7, 11) is 1.95.